The number of hydrogen-bond acceptors (Lipinski definition) is 6. The van der Waals surface area contributed by atoms with Crippen LogP contribution in [0.4, 0.5) is 5.69 Å². The molecule has 1 rings (SSSR count). The Balaban J connectivity index is 2.61. The third-order valence-corrected chi connectivity index (χ3v) is 5.58. The molecule has 0 aromatic carbocycles. The van der Waals surface area contributed by atoms with Crippen molar-refractivity contribution in [3.8, 4) is 0 Å². The predicted molar refractivity (Wildman–Crippen MR) is 78.9 cm³/mol. The first-order valence-corrected chi connectivity index (χ1v) is 8.58. The highest BCUT2D eigenvalue weighted by Crippen LogP contribution is 2.35. The van der Waals surface area contributed by atoms with Gasteiger partial charge in [0.15, 0.2) is 4.34 Å². The molecular formula is C10H16ClN3O4S2. The number of thiophene rings is 1. The van der Waals surface area contributed by atoms with Gasteiger partial charge in [0, 0.05) is 18.7 Å². The summed E-state index contributed by atoms with van der Waals surface area (Å²) in [6.45, 7) is 4.94. The van der Waals surface area contributed by atoms with Crippen molar-refractivity contribution in [3.05, 3.63) is 20.5 Å². The molecule has 0 fully saturated rings. The molecular weight excluding hydrogens is 326 g/mol. The highest BCUT2D eigenvalue weighted by Gasteiger charge is 2.24. The van der Waals surface area contributed by atoms with Crippen LogP contribution in [-0.4, -0.2) is 32.5 Å². The van der Waals surface area contributed by atoms with E-state index in [-0.39, 0.29) is 15.1 Å². The van der Waals surface area contributed by atoms with Gasteiger partial charge < -0.3 is 5.32 Å². The fourth-order valence-corrected chi connectivity index (χ4v) is 4.14. The Bertz CT molecular complexity index is 571. The smallest absolute Gasteiger partial charge is 0.300 e. The summed E-state index contributed by atoms with van der Waals surface area (Å²) in [5.74, 6) is 0. The van der Waals surface area contributed by atoms with Crippen LogP contribution < -0.4 is 10.0 Å². The molecule has 114 valence electrons. The van der Waals surface area contributed by atoms with Crippen LogP contribution in [0.25, 0.3) is 0 Å². The number of sulfonamides is 1. The van der Waals surface area contributed by atoms with Crippen LogP contribution in [0.5, 0.6) is 0 Å². The van der Waals surface area contributed by atoms with Gasteiger partial charge in [-0.1, -0.05) is 25.4 Å². The van der Waals surface area contributed by atoms with E-state index in [0.717, 1.165) is 6.07 Å². The summed E-state index contributed by atoms with van der Waals surface area (Å²) in [5.41, 5.74) is -0.390. The Labute approximate surface area is 126 Å². The molecule has 0 atom stereocenters. The van der Waals surface area contributed by atoms with Gasteiger partial charge in [-0.25, -0.2) is 13.1 Å². The molecule has 0 amide bonds. The van der Waals surface area contributed by atoms with Gasteiger partial charge in [0.2, 0.25) is 10.0 Å². The molecule has 0 aliphatic rings. The summed E-state index contributed by atoms with van der Waals surface area (Å²) in [5, 5.41) is 13.8. The molecule has 2 N–H and O–H groups in total. The van der Waals surface area contributed by atoms with Gasteiger partial charge in [0.25, 0.3) is 5.69 Å². The second kappa shape index (κ2) is 7.32. The zero-order chi connectivity index (χ0) is 15.3. The van der Waals surface area contributed by atoms with Crippen molar-refractivity contribution < 1.29 is 13.3 Å². The highest BCUT2D eigenvalue weighted by molar-refractivity contribution is 7.91. The van der Waals surface area contributed by atoms with E-state index < -0.39 is 20.6 Å². The van der Waals surface area contributed by atoms with Crippen molar-refractivity contribution in [2.75, 3.05) is 13.1 Å². The van der Waals surface area contributed by atoms with E-state index in [4.69, 9.17) is 11.6 Å². The lowest BCUT2D eigenvalue weighted by Crippen LogP contribution is -2.29. The normalized spacial score (nSPS) is 12.0. The summed E-state index contributed by atoms with van der Waals surface area (Å²) < 4.78 is 25.9. The Hall–Kier alpha value is -0.740. The first-order chi connectivity index (χ1) is 9.24. The number of nitrogens with one attached hydrogen (secondary N) is 2. The molecule has 1 heterocycles. The Morgan fingerprint density at radius 1 is 1.45 bits per heavy atom. The second-order valence-corrected chi connectivity index (χ2v) is 7.99. The van der Waals surface area contributed by atoms with E-state index in [0.29, 0.717) is 30.3 Å². The van der Waals surface area contributed by atoms with E-state index in [1.807, 2.05) is 13.8 Å². The van der Waals surface area contributed by atoms with Crippen molar-refractivity contribution >= 4 is 38.6 Å². The third kappa shape index (κ3) is 4.98. The molecule has 0 aliphatic carbocycles. The molecule has 0 saturated heterocycles. The quantitative estimate of drug-likeness (QED) is 0.427. The van der Waals surface area contributed by atoms with Crippen LogP contribution in [0.3, 0.4) is 0 Å². The molecule has 0 bridgehead atoms. The van der Waals surface area contributed by atoms with Gasteiger partial charge in [-0.05, 0) is 13.0 Å². The maximum Gasteiger partial charge on any atom is 0.300 e. The number of hydrogen-bond donors (Lipinski definition) is 2. The second-order valence-electron chi connectivity index (χ2n) is 4.34. The van der Waals surface area contributed by atoms with Crippen molar-refractivity contribution in [2.24, 2.45) is 0 Å². The fourth-order valence-electron chi connectivity index (χ4n) is 1.35. The minimum atomic E-state index is -3.74. The number of nitrogens with zero attached hydrogens (tertiary/aromatic N) is 1. The molecule has 0 radical (unpaired) electrons. The van der Waals surface area contributed by atoms with Gasteiger partial charge in [-0.15, -0.1) is 11.3 Å². The molecule has 10 heteroatoms. The SMILES string of the molecule is CC(C)NCCCNS(=O)(=O)c1cc([N+](=O)[O-])c(Cl)s1. The molecule has 0 spiro atoms. The van der Waals surface area contributed by atoms with Gasteiger partial charge in [0.1, 0.15) is 4.21 Å². The molecule has 1 aromatic rings. The highest BCUT2D eigenvalue weighted by atomic mass is 35.5. The van der Waals surface area contributed by atoms with Gasteiger partial charge in [-0.2, -0.15) is 0 Å². The first kappa shape index (κ1) is 17.3. The summed E-state index contributed by atoms with van der Waals surface area (Å²) in [6.07, 6.45) is 0.624. The largest absolute Gasteiger partial charge is 0.314 e. The van der Waals surface area contributed by atoms with Crippen molar-refractivity contribution in [1.82, 2.24) is 10.0 Å². The summed E-state index contributed by atoms with van der Waals surface area (Å²) in [4.78, 5) is 9.93. The third-order valence-electron chi connectivity index (χ3n) is 2.31. The van der Waals surface area contributed by atoms with Gasteiger partial charge >= 0.3 is 0 Å². The zero-order valence-electron chi connectivity index (χ0n) is 11.1. The van der Waals surface area contributed by atoms with Crippen LogP contribution in [0.1, 0.15) is 20.3 Å². The van der Waals surface area contributed by atoms with E-state index in [9.17, 15) is 18.5 Å². The van der Waals surface area contributed by atoms with Crippen LogP contribution in [0.2, 0.25) is 4.34 Å². The van der Waals surface area contributed by atoms with Gasteiger partial charge in [-0.3, -0.25) is 10.1 Å². The van der Waals surface area contributed by atoms with E-state index in [2.05, 4.69) is 10.0 Å². The van der Waals surface area contributed by atoms with Crippen molar-refractivity contribution in [2.45, 2.75) is 30.5 Å². The Kier molecular flexibility index (Phi) is 6.34. The van der Waals surface area contributed by atoms with Crippen LogP contribution in [0.15, 0.2) is 10.3 Å². The van der Waals surface area contributed by atoms with E-state index in [1.165, 1.54) is 0 Å². The van der Waals surface area contributed by atoms with Crippen molar-refractivity contribution in [3.63, 3.8) is 0 Å². The topological polar surface area (TPSA) is 101 Å². The zero-order valence-corrected chi connectivity index (χ0v) is 13.4. The number of rotatable bonds is 8. The van der Waals surface area contributed by atoms with Gasteiger partial charge in [0.05, 0.1) is 4.92 Å². The Morgan fingerprint density at radius 3 is 2.60 bits per heavy atom. The van der Waals surface area contributed by atoms with Crippen LogP contribution >= 0.6 is 22.9 Å². The lowest BCUT2D eigenvalue weighted by Gasteiger charge is -2.08. The number of nitro groups is 1. The monoisotopic (exact) mass is 341 g/mol. The standard InChI is InChI=1S/C10H16ClN3O4S2/c1-7(2)12-4-3-5-13-20(17,18)9-6-8(14(15)16)10(11)19-9/h6-7,12-13H,3-5H2,1-2H3. The predicted octanol–water partition coefficient (Wildman–Crippen LogP) is 1.98. The maximum absolute atomic E-state index is 11.9. The average Bonchev–Trinajstić information content (AvgIpc) is 2.71. The molecule has 20 heavy (non-hydrogen) atoms. The molecule has 0 aliphatic heterocycles. The van der Waals surface area contributed by atoms with Crippen LogP contribution in [0, 0.1) is 10.1 Å². The summed E-state index contributed by atoms with van der Waals surface area (Å²) >= 11 is 6.32. The Morgan fingerprint density at radius 2 is 2.10 bits per heavy atom. The van der Waals surface area contributed by atoms with Crippen LogP contribution in [-0.2, 0) is 10.0 Å². The average molecular weight is 342 g/mol. The minimum Gasteiger partial charge on any atom is -0.314 e. The summed E-state index contributed by atoms with van der Waals surface area (Å²) in [6, 6.07) is 1.31. The minimum absolute atomic E-state index is 0.142. The molecule has 0 unspecified atom stereocenters. The lowest BCUT2D eigenvalue weighted by molar-refractivity contribution is -0.384. The molecule has 7 nitrogen and oxygen atoms in total. The molecule has 0 saturated carbocycles. The fraction of sp³-hybridized carbons (Fsp3) is 0.600. The summed E-state index contributed by atoms with van der Waals surface area (Å²) in [7, 11) is -3.74. The number of halogens is 1. The van der Waals surface area contributed by atoms with Crippen molar-refractivity contribution in [1.29, 1.82) is 0 Å². The first-order valence-electron chi connectivity index (χ1n) is 5.91. The maximum atomic E-state index is 11.9. The molecule has 1 aromatic heterocycles. The van der Waals surface area contributed by atoms with E-state index in [1.54, 1.807) is 0 Å². The lowest BCUT2D eigenvalue weighted by atomic mass is 10.3. The van der Waals surface area contributed by atoms with E-state index >= 15 is 0 Å².